The van der Waals surface area contributed by atoms with Crippen LogP contribution in [0.15, 0.2) is 206 Å². The number of anilines is 6. The molecule has 9 rings (SSSR count). The van der Waals surface area contributed by atoms with Gasteiger partial charge in [-0.15, -0.1) is 0 Å². The molecule has 0 amide bonds. The molecule has 8 aromatic rings. The summed E-state index contributed by atoms with van der Waals surface area (Å²) in [5.74, 6) is 0. The lowest BCUT2D eigenvalue weighted by molar-refractivity contribution is 0.660. The SMILES string of the molecule is CC1(C)c2ccccc2-c2c(-c3ccc(N(c4ccccc4)c4ccccc4)cc3)cc(-c3ccc(N(c4ccccc4)c4ccccc4)cc3)cc21. The molecule has 53 heavy (non-hydrogen) atoms. The minimum Gasteiger partial charge on any atom is -0.311 e. The van der Waals surface area contributed by atoms with E-state index in [-0.39, 0.29) is 5.41 Å². The summed E-state index contributed by atoms with van der Waals surface area (Å²) in [6.07, 6.45) is 0. The Balaban J connectivity index is 1.16. The third-order valence-corrected chi connectivity index (χ3v) is 10.6. The highest BCUT2D eigenvalue weighted by molar-refractivity contribution is 5.96. The van der Waals surface area contributed by atoms with Crippen LogP contribution in [0.1, 0.15) is 25.0 Å². The molecule has 0 N–H and O–H groups in total. The average molecular weight is 681 g/mol. The molecule has 0 heterocycles. The number of para-hydroxylation sites is 4. The Morgan fingerprint density at radius 3 is 1.13 bits per heavy atom. The van der Waals surface area contributed by atoms with Crippen LogP contribution in [0.3, 0.4) is 0 Å². The van der Waals surface area contributed by atoms with Crippen molar-refractivity contribution in [2.45, 2.75) is 19.3 Å². The second-order valence-electron chi connectivity index (χ2n) is 14.2. The smallest absolute Gasteiger partial charge is 0.0462 e. The number of nitrogens with zero attached hydrogens (tertiary/aromatic N) is 2. The van der Waals surface area contributed by atoms with Gasteiger partial charge in [-0.1, -0.05) is 135 Å². The van der Waals surface area contributed by atoms with Gasteiger partial charge in [0, 0.05) is 39.5 Å². The van der Waals surface area contributed by atoms with Gasteiger partial charge in [0.25, 0.3) is 0 Å². The maximum absolute atomic E-state index is 2.43. The topological polar surface area (TPSA) is 6.48 Å². The van der Waals surface area contributed by atoms with E-state index < -0.39 is 0 Å². The molecule has 0 unspecified atom stereocenters. The molecule has 1 aliphatic rings. The van der Waals surface area contributed by atoms with Gasteiger partial charge in [-0.25, -0.2) is 0 Å². The zero-order chi connectivity index (χ0) is 35.8. The van der Waals surface area contributed by atoms with Gasteiger partial charge in [0.15, 0.2) is 0 Å². The van der Waals surface area contributed by atoms with E-state index in [1.54, 1.807) is 0 Å². The van der Waals surface area contributed by atoms with Crippen LogP contribution in [-0.4, -0.2) is 0 Å². The van der Waals surface area contributed by atoms with Crippen molar-refractivity contribution in [3.8, 4) is 33.4 Å². The lowest BCUT2D eigenvalue weighted by atomic mass is 9.80. The van der Waals surface area contributed by atoms with Crippen molar-refractivity contribution in [1.29, 1.82) is 0 Å². The van der Waals surface area contributed by atoms with Crippen molar-refractivity contribution in [3.63, 3.8) is 0 Å². The molecule has 0 saturated carbocycles. The van der Waals surface area contributed by atoms with Crippen molar-refractivity contribution < 1.29 is 0 Å². The molecule has 0 fully saturated rings. The first-order valence-corrected chi connectivity index (χ1v) is 18.4. The van der Waals surface area contributed by atoms with Crippen LogP contribution in [0.25, 0.3) is 33.4 Å². The van der Waals surface area contributed by atoms with Gasteiger partial charge in [0.2, 0.25) is 0 Å². The third kappa shape index (κ3) is 5.89. The Morgan fingerprint density at radius 1 is 0.302 bits per heavy atom. The second-order valence-corrected chi connectivity index (χ2v) is 14.2. The zero-order valence-electron chi connectivity index (χ0n) is 30.0. The average Bonchev–Trinajstić information content (AvgIpc) is 3.46. The second kappa shape index (κ2) is 13.5. The van der Waals surface area contributed by atoms with Crippen molar-refractivity contribution in [2.75, 3.05) is 9.80 Å². The van der Waals surface area contributed by atoms with Crippen LogP contribution in [0, 0.1) is 0 Å². The summed E-state index contributed by atoms with van der Waals surface area (Å²) in [7, 11) is 0. The van der Waals surface area contributed by atoms with Crippen LogP contribution >= 0.6 is 0 Å². The van der Waals surface area contributed by atoms with Crippen LogP contribution in [0.4, 0.5) is 34.1 Å². The van der Waals surface area contributed by atoms with Gasteiger partial charge in [-0.2, -0.15) is 0 Å². The number of hydrogen-bond acceptors (Lipinski definition) is 2. The zero-order valence-corrected chi connectivity index (χ0v) is 30.0. The van der Waals surface area contributed by atoms with E-state index in [4.69, 9.17) is 0 Å². The fraction of sp³-hybridized carbons (Fsp3) is 0.0588. The van der Waals surface area contributed by atoms with E-state index in [0.29, 0.717) is 0 Å². The van der Waals surface area contributed by atoms with Crippen LogP contribution < -0.4 is 9.80 Å². The Morgan fingerprint density at radius 2 is 0.679 bits per heavy atom. The molecular weight excluding hydrogens is 641 g/mol. The molecule has 0 aromatic heterocycles. The number of benzene rings is 8. The van der Waals surface area contributed by atoms with E-state index in [9.17, 15) is 0 Å². The number of hydrogen-bond donors (Lipinski definition) is 0. The molecule has 0 aliphatic heterocycles. The first-order valence-electron chi connectivity index (χ1n) is 18.4. The molecular formula is C51H40N2. The molecule has 2 nitrogen and oxygen atoms in total. The fourth-order valence-corrected chi connectivity index (χ4v) is 8.01. The Labute approximate surface area is 312 Å². The lowest BCUT2D eigenvalue weighted by Gasteiger charge is -2.26. The predicted molar refractivity (Wildman–Crippen MR) is 224 cm³/mol. The maximum Gasteiger partial charge on any atom is 0.0462 e. The normalized spacial score (nSPS) is 12.5. The molecule has 0 atom stereocenters. The summed E-state index contributed by atoms with van der Waals surface area (Å²) >= 11 is 0. The number of fused-ring (bicyclic) bond motifs is 3. The van der Waals surface area contributed by atoms with Gasteiger partial charge in [-0.3, -0.25) is 0 Å². The molecule has 2 heteroatoms. The monoisotopic (exact) mass is 680 g/mol. The summed E-state index contributed by atoms with van der Waals surface area (Å²) in [5.41, 5.74) is 16.9. The summed E-state index contributed by atoms with van der Waals surface area (Å²) in [4.78, 5) is 4.63. The van der Waals surface area contributed by atoms with E-state index >= 15 is 0 Å². The van der Waals surface area contributed by atoms with E-state index in [2.05, 4.69) is 230 Å². The van der Waals surface area contributed by atoms with E-state index in [1.807, 2.05) is 0 Å². The predicted octanol–water partition coefficient (Wildman–Crippen LogP) is 14.3. The summed E-state index contributed by atoms with van der Waals surface area (Å²) in [6, 6.07) is 74.3. The van der Waals surface area contributed by atoms with Gasteiger partial charge >= 0.3 is 0 Å². The quantitative estimate of drug-likeness (QED) is 0.158. The Kier molecular flexibility index (Phi) is 8.21. The number of rotatable bonds is 8. The van der Waals surface area contributed by atoms with Crippen LogP contribution in [0.5, 0.6) is 0 Å². The first kappa shape index (κ1) is 32.3. The van der Waals surface area contributed by atoms with E-state index in [0.717, 1.165) is 34.1 Å². The lowest BCUT2D eigenvalue weighted by Crippen LogP contribution is -2.15. The van der Waals surface area contributed by atoms with Crippen molar-refractivity contribution in [3.05, 3.63) is 217 Å². The first-order chi connectivity index (χ1) is 26.1. The van der Waals surface area contributed by atoms with E-state index in [1.165, 1.54) is 44.5 Å². The van der Waals surface area contributed by atoms with Crippen LogP contribution in [-0.2, 0) is 5.41 Å². The highest BCUT2D eigenvalue weighted by atomic mass is 15.1. The van der Waals surface area contributed by atoms with Gasteiger partial charge in [0.05, 0.1) is 0 Å². The molecule has 1 aliphatic carbocycles. The summed E-state index contributed by atoms with van der Waals surface area (Å²) < 4.78 is 0. The summed E-state index contributed by atoms with van der Waals surface area (Å²) in [5, 5.41) is 0. The minimum atomic E-state index is -0.134. The van der Waals surface area contributed by atoms with Crippen LogP contribution in [0.2, 0.25) is 0 Å². The molecule has 8 aromatic carbocycles. The van der Waals surface area contributed by atoms with Crippen molar-refractivity contribution >= 4 is 34.1 Å². The van der Waals surface area contributed by atoms with Crippen molar-refractivity contribution in [2.24, 2.45) is 0 Å². The standard InChI is InChI=1S/C51H40N2/c1-51(2)48-26-16-15-25-46(48)50-47(38-29-33-45(34-30-38)53(42-21-11-5-12-22-42)43-23-13-6-14-24-43)35-39(36-49(50)51)37-27-31-44(32-28-37)52(40-17-7-3-8-18-40)41-19-9-4-10-20-41/h3-36H,1-2H3. The van der Waals surface area contributed by atoms with Gasteiger partial charge < -0.3 is 9.80 Å². The molecule has 0 spiro atoms. The molecule has 0 radical (unpaired) electrons. The van der Waals surface area contributed by atoms with Gasteiger partial charge in [-0.05, 0) is 129 Å². The Bertz CT molecular complexity index is 2410. The maximum atomic E-state index is 2.43. The third-order valence-electron chi connectivity index (χ3n) is 10.6. The van der Waals surface area contributed by atoms with Crippen molar-refractivity contribution in [1.82, 2.24) is 0 Å². The summed E-state index contributed by atoms with van der Waals surface area (Å²) in [6.45, 7) is 4.74. The Hall–Kier alpha value is -6.64. The molecule has 0 bridgehead atoms. The largest absolute Gasteiger partial charge is 0.311 e. The molecule has 254 valence electrons. The fourth-order valence-electron chi connectivity index (χ4n) is 8.01. The minimum absolute atomic E-state index is 0.134. The highest BCUT2D eigenvalue weighted by Crippen LogP contribution is 2.53. The molecule has 0 saturated heterocycles. The highest BCUT2D eigenvalue weighted by Gasteiger charge is 2.37. The van der Waals surface area contributed by atoms with Gasteiger partial charge in [0.1, 0.15) is 0 Å².